The number of amides is 1. The van der Waals surface area contributed by atoms with Gasteiger partial charge in [-0.3, -0.25) is 5.32 Å². The normalized spacial score (nSPS) is 32.0. The van der Waals surface area contributed by atoms with Crippen LogP contribution in [0.1, 0.15) is 105 Å². The molecule has 3 fully saturated rings. The molecule has 0 heterocycles. The fourth-order valence-corrected chi connectivity index (χ4v) is 10.5. The average Bonchev–Trinajstić information content (AvgIpc) is 3.43. The van der Waals surface area contributed by atoms with Gasteiger partial charge in [-0.05, 0) is 95.8 Å². The Hall–Kier alpha value is -1.17. The molecule has 10 atom stereocenters. The van der Waals surface area contributed by atoms with Crippen LogP contribution in [0.25, 0.3) is 0 Å². The second kappa shape index (κ2) is 20.3. The van der Waals surface area contributed by atoms with E-state index in [0.29, 0.717) is 38.4 Å². The van der Waals surface area contributed by atoms with Gasteiger partial charge in [0.2, 0.25) is 0 Å². The third kappa shape index (κ3) is 11.4. The minimum Gasteiger partial charge on any atom is -0.566 e. The van der Waals surface area contributed by atoms with Crippen molar-refractivity contribution < 1.29 is 47.6 Å². The Labute approximate surface area is 301 Å². The number of carbonyl (C=O) groups is 1. The first kappa shape index (κ1) is 41.6. The Morgan fingerprint density at radius 3 is 2.34 bits per heavy atom. The van der Waals surface area contributed by atoms with Crippen molar-refractivity contribution in [3.05, 3.63) is 11.6 Å². The minimum absolute atomic E-state index is 0.0452. The number of rotatable bonds is 22. The minimum atomic E-state index is -3.03. The first-order valence-corrected chi connectivity index (χ1v) is 20.4. The second-order valence-electron chi connectivity index (χ2n) is 16.2. The zero-order valence-corrected chi connectivity index (χ0v) is 32.3. The molecule has 288 valence electrons. The van der Waals surface area contributed by atoms with Crippen LogP contribution in [0.15, 0.2) is 11.6 Å². The van der Waals surface area contributed by atoms with Crippen LogP contribution in [-0.2, 0) is 32.8 Å². The zero-order chi connectivity index (χ0) is 36.1. The van der Waals surface area contributed by atoms with Gasteiger partial charge in [-0.25, -0.2) is 4.79 Å². The van der Waals surface area contributed by atoms with Crippen LogP contribution in [0.2, 0.25) is 0 Å². The highest BCUT2D eigenvalue weighted by molar-refractivity contribution is 7.30. The van der Waals surface area contributed by atoms with Gasteiger partial charge < -0.3 is 33.7 Å². The van der Waals surface area contributed by atoms with Crippen molar-refractivity contribution in [1.29, 1.82) is 0 Å². The lowest BCUT2D eigenvalue weighted by molar-refractivity contribution is -0.192. The lowest BCUT2D eigenvalue weighted by Crippen LogP contribution is -2.51. The highest BCUT2D eigenvalue weighted by Crippen LogP contribution is 2.67. The van der Waals surface area contributed by atoms with Crippen molar-refractivity contribution in [2.45, 2.75) is 117 Å². The number of ether oxygens (including phenoxy) is 5. The van der Waals surface area contributed by atoms with Crippen LogP contribution in [0.4, 0.5) is 4.79 Å². The summed E-state index contributed by atoms with van der Waals surface area (Å²) in [6, 6.07) is 0. The van der Waals surface area contributed by atoms with Crippen LogP contribution in [0.5, 0.6) is 0 Å². The molecule has 0 aromatic heterocycles. The molecule has 0 bridgehead atoms. The van der Waals surface area contributed by atoms with Crippen molar-refractivity contribution in [3.63, 3.8) is 0 Å². The maximum absolute atomic E-state index is 12.6. The van der Waals surface area contributed by atoms with Gasteiger partial charge in [0.05, 0.1) is 52.9 Å². The van der Waals surface area contributed by atoms with Crippen molar-refractivity contribution in [2.75, 3.05) is 59.6 Å². The smallest absolute Gasteiger partial charge is 0.488 e. The molecule has 5 unspecified atom stereocenters. The summed E-state index contributed by atoms with van der Waals surface area (Å²) in [6.07, 6.45) is 14.8. The average molecular weight is 728 g/mol. The Bertz CT molecular complexity index is 1090. The molecular formula is C38H66NO10P. The molecule has 50 heavy (non-hydrogen) atoms. The molecule has 4 aliphatic rings. The SMILES string of the molecule is CC(C)CCC[C@@H](C)[C@H]1CCC2C3CC=C4C[C@@H](OC(=O)NCOCCOCCOCCOCC(CO)O[P+](=O)[O-])CC[C@]4(C)C3CC[C@@]21C. The van der Waals surface area contributed by atoms with E-state index < -0.39 is 27.1 Å². The van der Waals surface area contributed by atoms with E-state index >= 15 is 0 Å². The summed E-state index contributed by atoms with van der Waals surface area (Å²) in [4.78, 5) is 23.1. The lowest BCUT2D eigenvalue weighted by atomic mass is 9.47. The second-order valence-corrected chi connectivity index (χ2v) is 16.9. The van der Waals surface area contributed by atoms with Crippen LogP contribution in [0.3, 0.4) is 0 Å². The molecular weight excluding hydrogens is 661 g/mol. The summed E-state index contributed by atoms with van der Waals surface area (Å²) in [5.74, 6) is 4.90. The van der Waals surface area contributed by atoms with Gasteiger partial charge in [-0.1, -0.05) is 65.5 Å². The van der Waals surface area contributed by atoms with Crippen LogP contribution in [0, 0.1) is 46.3 Å². The quantitative estimate of drug-likeness (QED) is 0.0546. The standard InChI is InChI=1S/C38H66NO10P/c1-27(2)7-6-8-28(3)33-11-12-34-32-10-9-29-23-30(13-15-37(29,4)35(32)14-16-38(33,34)5)48-36(41)39-26-47-22-20-45-18-17-44-19-21-46-25-31(24-40)49-50(42)43/h9,27-28,30-35,40H,6-8,10-26H2,1-5H3,(H,39,41)/t28-,30+,31?,32?,33-,34?,35?,37+,38-/m1/s1. The Morgan fingerprint density at radius 1 is 0.960 bits per heavy atom. The zero-order valence-electron chi connectivity index (χ0n) is 31.4. The monoisotopic (exact) mass is 727 g/mol. The summed E-state index contributed by atoms with van der Waals surface area (Å²) < 4.78 is 42.4. The van der Waals surface area contributed by atoms with E-state index in [9.17, 15) is 14.3 Å². The summed E-state index contributed by atoms with van der Waals surface area (Å²) in [5.41, 5.74) is 2.24. The summed E-state index contributed by atoms with van der Waals surface area (Å²) in [7, 11) is -3.03. The highest BCUT2D eigenvalue weighted by atomic mass is 31.1. The number of allylic oxidation sites excluding steroid dienone is 1. The number of aliphatic hydroxyl groups excluding tert-OH is 1. The van der Waals surface area contributed by atoms with Crippen molar-refractivity contribution in [3.8, 4) is 0 Å². The lowest BCUT2D eigenvalue weighted by Gasteiger charge is -2.58. The van der Waals surface area contributed by atoms with E-state index in [1.54, 1.807) is 0 Å². The molecule has 0 saturated heterocycles. The summed E-state index contributed by atoms with van der Waals surface area (Å²) in [6.45, 7) is 13.9. The van der Waals surface area contributed by atoms with Crippen molar-refractivity contribution in [2.24, 2.45) is 46.3 Å². The predicted octanol–water partition coefficient (Wildman–Crippen LogP) is 6.54. The molecule has 4 aliphatic carbocycles. The number of carbonyl (C=O) groups excluding carboxylic acids is 1. The van der Waals surface area contributed by atoms with E-state index in [1.807, 2.05) is 0 Å². The number of alkyl carbamates (subject to hydrolysis) is 1. The molecule has 0 aromatic rings. The molecule has 1 amide bonds. The van der Waals surface area contributed by atoms with Crippen LogP contribution >= 0.6 is 8.25 Å². The Morgan fingerprint density at radius 2 is 1.66 bits per heavy atom. The Kier molecular flexibility index (Phi) is 16.9. The predicted molar refractivity (Wildman–Crippen MR) is 189 cm³/mol. The number of fused-ring (bicyclic) bond motifs is 5. The van der Waals surface area contributed by atoms with E-state index in [-0.39, 0.29) is 31.5 Å². The van der Waals surface area contributed by atoms with Gasteiger partial charge in [0.25, 0.3) is 0 Å². The third-order valence-corrected chi connectivity index (χ3v) is 13.2. The molecule has 0 aliphatic heterocycles. The first-order valence-electron chi connectivity index (χ1n) is 19.3. The Balaban J connectivity index is 1.07. The van der Waals surface area contributed by atoms with Gasteiger partial charge in [-0.15, -0.1) is 4.52 Å². The fraction of sp³-hybridized carbons (Fsp3) is 0.921. The maximum Gasteiger partial charge on any atom is 0.488 e. The van der Waals surface area contributed by atoms with Gasteiger partial charge in [0.1, 0.15) is 12.8 Å². The molecule has 0 spiro atoms. The van der Waals surface area contributed by atoms with E-state index in [0.717, 1.165) is 54.8 Å². The molecule has 2 N–H and O–H groups in total. The molecule has 0 radical (unpaired) electrons. The summed E-state index contributed by atoms with van der Waals surface area (Å²) >= 11 is 0. The number of nitrogens with one attached hydrogen (secondary N) is 1. The summed E-state index contributed by atoms with van der Waals surface area (Å²) in [5, 5.41) is 11.7. The fourth-order valence-electron chi connectivity index (χ4n) is 10.1. The van der Waals surface area contributed by atoms with Gasteiger partial charge in [-0.2, -0.15) is 0 Å². The third-order valence-electron chi connectivity index (χ3n) is 12.7. The number of hydrogen-bond acceptors (Lipinski definition) is 10. The molecule has 0 aromatic carbocycles. The van der Waals surface area contributed by atoms with E-state index in [1.165, 1.54) is 56.9 Å². The van der Waals surface area contributed by atoms with Gasteiger partial charge >= 0.3 is 14.3 Å². The molecule has 11 nitrogen and oxygen atoms in total. The van der Waals surface area contributed by atoms with E-state index in [2.05, 4.69) is 50.5 Å². The molecule has 12 heteroatoms. The maximum atomic E-state index is 12.6. The van der Waals surface area contributed by atoms with E-state index in [4.69, 9.17) is 28.8 Å². The first-order chi connectivity index (χ1) is 24.0. The van der Waals surface area contributed by atoms with Gasteiger partial charge in [0, 0.05) is 6.42 Å². The van der Waals surface area contributed by atoms with Crippen molar-refractivity contribution >= 4 is 14.3 Å². The largest absolute Gasteiger partial charge is 0.566 e. The van der Waals surface area contributed by atoms with Crippen LogP contribution in [-0.4, -0.2) is 83.0 Å². The van der Waals surface area contributed by atoms with Crippen molar-refractivity contribution in [1.82, 2.24) is 5.32 Å². The molecule has 3 saturated carbocycles. The molecule has 4 rings (SSSR count). The number of aliphatic hydroxyl groups is 1. The topological polar surface area (TPSA) is 145 Å². The highest BCUT2D eigenvalue weighted by Gasteiger charge is 2.59. The van der Waals surface area contributed by atoms with Crippen LogP contribution < -0.4 is 10.2 Å². The van der Waals surface area contributed by atoms with Gasteiger partial charge in [0.15, 0.2) is 6.10 Å². The number of hydrogen-bond donors (Lipinski definition) is 2.